The molecule has 1 fully saturated rings. The summed E-state index contributed by atoms with van der Waals surface area (Å²) in [5, 5.41) is 7.75. The second-order valence-electron chi connectivity index (χ2n) is 7.26. The van der Waals surface area contributed by atoms with Crippen molar-refractivity contribution in [3.63, 3.8) is 0 Å². The van der Waals surface area contributed by atoms with E-state index >= 15 is 0 Å². The lowest BCUT2D eigenvalue weighted by Crippen LogP contribution is -2.23. The van der Waals surface area contributed by atoms with Gasteiger partial charge in [0.2, 0.25) is 5.91 Å². The Morgan fingerprint density at radius 1 is 1.20 bits per heavy atom. The largest absolute Gasteiger partial charge is 0.352 e. The number of benzene rings is 1. The predicted molar refractivity (Wildman–Crippen MR) is 100 cm³/mol. The van der Waals surface area contributed by atoms with E-state index in [4.69, 9.17) is 0 Å². The van der Waals surface area contributed by atoms with E-state index in [-0.39, 0.29) is 5.91 Å². The quantitative estimate of drug-likeness (QED) is 0.824. The summed E-state index contributed by atoms with van der Waals surface area (Å²) in [5.41, 5.74) is 4.52. The average molecular weight is 339 g/mol. The molecule has 1 aliphatic carbocycles. The Hall–Kier alpha value is -2.10. The van der Waals surface area contributed by atoms with Crippen LogP contribution >= 0.6 is 0 Å². The zero-order valence-corrected chi connectivity index (χ0v) is 15.4. The molecule has 1 N–H and O–H groups in total. The molecule has 0 spiro atoms. The van der Waals surface area contributed by atoms with Crippen LogP contribution in [0.1, 0.15) is 61.0 Å². The molecule has 0 bridgehead atoms. The van der Waals surface area contributed by atoms with Crippen molar-refractivity contribution in [1.29, 1.82) is 0 Å². The fourth-order valence-corrected chi connectivity index (χ4v) is 3.81. The second kappa shape index (κ2) is 8.32. The lowest BCUT2D eigenvalue weighted by molar-refractivity contribution is -0.121. The van der Waals surface area contributed by atoms with Gasteiger partial charge in [-0.2, -0.15) is 5.10 Å². The van der Waals surface area contributed by atoms with Crippen LogP contribution in [0.3, 0.4) is 0 Å². The first-order valence-corrected chi connectivity index (χ1v) is 9.47. The van der Waals surface area contributed by atoms with Gasteiger partial charge < -0.3 is 5.32 Å². The number of carbonyl (C=O) groups excluding carboxylic acids is 1. The summed E-state index contributed by atoms with van der Waals surface area (Å²) in [5.74, 6) is 0.935. The Bertz CT molecular complexity index is 699. The van der Waals surface area contributed by atoms with Crippen LogP contribution in [-0.4, -0.2) is 15.7 Å². The molecule has 1 saturated carbocycles. The topological polar surface area (TPSA) is 46.9 Å². The Morgan fingerprint density at radius 3 is 2.64 bits per heavy atom. The third kappa shape index (κ3) is 4.71. The summed E-state index contributed by atoms with van der Waals surface area (Å²) >= 11 is 0. The van der Waals surface area contributed by atoms with Crippen molar-refractivity contribution in [1.82, 2.24) is 15.1 Å². The van der Waals surface area contributed by atoms with Crippen LogP contribution in [-0.2, 0) is 17.9 Å². The minimum atomic E-state index is 0.168. The Morgan fingerprint density at radius 2 is 1.92 bits per heavy atom. The van der Waals surface area contributed by atoms with E-state index in [2.05, 4.69) is 29.5 Å². The first kappa shape index (κ1) is 17.7. The van der Waals surface area contributed by atoms with Gasteiger partial charge in [-0.1, -0.05) is 56.0 Å². The maximum atomic E-state index is 12.2. The van der Waals surface area contributed by atoms with Crippen LogP contribution < -0.4 is 5.32 Å². The lowest BCUT2D eigenvalue weighted by Gasteiger charge is -2.10. The lowest BCUT2D eigenvalue weighted by atomic mass is 10.0. The van der Waals surface area contributed by atoms with E-state index in [1.54, 1.807) is 0 Å². The van der Waals surface area contributed by atoms with E-state index in [0.717, 1.165) is 35.8 Å². The van der Waals surface area contributed by atoms with Crippen molar-refractivity contribution in [3.8, 4) is 0 Å². The number of hydrogen-bond donors (Lipinski definition) is 1. The molecule has 0 unspecified atom stereocenters. The summed E-state index contributed by atoms with van der Waals surface area (Å²) in [6.45, 7) is 5.45. The average Bonchev–Trinajstić information content (AvgIpc) is 3.22. The summed E-state index contributed by atoms with van der Waals surface area (Å²) in [4.78, 5) is 12.2. The number of carbonyl (C=O) groups is 1. The molecule has 25 heavy (non-hydrogen) atoms. The van der Waals surface area contributed by atoms with Crippen molar-refractivity contribution in [2.45, 2.75) is 65.5 Å². The number of nitrogens with one attached hydrogen (secondary N) is 1. The van der Waals surface area contributed by atoms with E-state index in [1.807, 2.05) is 29.8 Å². The van der Waals surface area contributed by atoms with Gasteiger partial charge in [0.15, 0.2) is 0 Å². The molecule has 0 saturated heterocycles. The number of aryl methyl sites for hydroxylation is 1. The van der Waals surface area contributed by atoms with E-state index in [1.165, 1.54) is 31.2 Å². The van der Waals surface area contributed by atoms with E-state index in [9.17, 15) is 4.79 Å². The minimum Gasteiger partial charge on any atom is -0.352 e. The molecule has 4 heteroatoms. The molecule has 2 aromatic rings. The smallest absolute Gasteiger partial charge is 0.220 e. The standard InChI is InChI=1S/C21H29N3O/c1-16-20(14-22-21(25)13-12-18-8-6-7-9-18)17(2)24(23-16)15-19-10-4-3-5-11-19/h3-5,10-11,18H,6-9,12-15H2,1-2H3,(H,22,25). The predicted octanol–water partition coefficient (Wildman–Crippen LogP) is 4.13. The molecule has 3 rings (SSSR count). The van der Waals surface area contributed by atoms with Crippen LogP contribution in [0.4, 0.5) is 0 Å². The number of amides is 1. The van der Waals surface area contributed by atoms with Crippen LogP contribution in [0, 0.1) is 19.8 Å². The third-order valence-electron chi connectivity index (χ3n) is 5.42. The Kier molecular flexibility index (Phi) is 5.90. The van der Waals surface area contributed by atoms with Gasteiger partial charge in [-0.3, -0.25) is 9.48 Å². The molecule has 0 atom stereocenters. The monoisotopic (exact) mass is 339 g/mol. The van der Waals surface area contributed by atoms with Crippen molar-refractivity contribution in [2.75, 3.05) is 0 Å². The third-order valence-corrected chi connectivity index (χ3v) is 5.42. The maximum absolute atomic E-state index is 12.2. The van der Waals surface area contributed by atoms with Gasteiger partial charge in [0.05, 0.1) is 12.2 Å². The fraction of sp³-hybridized carbons (Fsp3) is 0.524. The van der Waals surface area contributed by atoms with Crippen LogP contribution in [0.15, 0.2) is 30.3 Å². The Balaban J connectivity index is 1.54. The molecule has 134 valence electrons. The number of rotatable bonds is 7. The van der Waals surface area contributed by atoms with Gasteiger partial charge in [0, 0.05) is 24.2 Å². The normalized spacial score (nSPS) is 14.8. The highest BCUT2D eigenvalue weighted by Crippen LogP contribution is 2.28. The van der Waals surface area contributed by atoms with Gasteiger partial charge in [0.25, 0.3) is 0 Å². The van der Waals surface area contributed by atoms with Gasteiger partial charge >= 0.3 is 0 Å². The zero-order chi connectivity index (χ0) is 17.6. The molecular weight excluding hydrogens is 310 g/mol. The molecule has 1 aromatic heterocycles. The number of nitrogens with zero attached hydrogens (tertiary/aromatic N) is 2. The van der Waals surface area contributed by atoms with Gasteiger partial charge in [-0.15, -0.1) is 0 Å². The zero-order valence-electron chi connectivity index (χ0n) is 15.4. The fourth-order valence-electron chi connectivity index (χ4n) is 3.81. The number of aromatic nitrogens is 2. The molecule has 1 aliphatic rings. The summed E-state index contributed by atoms with van der Waals surface area (Å²) in [6.07, 6.45) is 6.98. The van der Waals surface area contributed by atoms with Crippen molar-refractivity contribution >= 4 is 5.91 Å². The second-order valence-corrected chi connectivity index (χ2v) is 7.26. The first-order valence-electron chi connectivity index (χ1n) is 9.47. The maximum Gasteiger partial charge on any atom is 0.220 e. The summed E-state index contributed by atoms with van der Waals surface area (Å²) in [6, 6.07) is 10.3. The van der Waals surface area contributed by atoms with E-state index < -0.39 is 0 Å². The summed E-state index contributed by atoms with van der Waals surface area (Å²) in [7, 11) is 0. The van der Waals surface area contributed by atoms with Crippen LogP contribution in [0.25, 0.3) is 0 Å². The van der Waals surface area contributed by atoms with Crippen LogP contribution in [0.2, 0.25) is 0 Å². The molecule has 4 nitrogen and oxygen atoms in total. The van der Waals surface area contributed by atoms with Crippen molar-refractivity contribution < 1.29 is 4.79 Å². The van der Waals surface area contributed by atoms with Crippen LogP contribution in [0.5, 0.6) is 0 Å². The first-order chi connectivity index (χ1) is 12.1. The molecule has 1 amide bonds. The highest BCUT2D eigenvalue weighted by Gasteiger charge is 2.17. The van der Waals surface area contributed by atoms with E-state index in [0.29, 0.717) is 13.0 Å². The van der Waals surface area contributed by atoms with Gasteiger partial charge in [-0.25, -0.2) is 0 Å². The Labute approximate surface area is 150 Å². The molecule has 0 radical (unpaired) electrons. The molecule has 1 heterocycles. The highest BCUT2D eigenvalue weighted by atomic mass is 16.1. The van der Waals surface area contributed by atoms with Gasteiger partial charge in [0.1, 0.15) is 0 Å². The molecule has 1 aromatic carbocycles. The SMILES string of the molecule is Cc1nn(Cc2ccccc2)c(C)c1CNC(=O)CCC1CCCC1. The minimum absolute atomic E-state index is 0.168. The molecule has 0 aliphatic heterocycles. The summed E-state index contributed by atoms with van der Waals surface area (Å²) < 4.78 is 2.03. The highest BCUT2D eigenvalue weighted by molar-refractivity contribution is 5.75. The van der Waals surface area contributed by atoms with Crippen molar-refractivity contribution in [3.05, 3.63) is 52.8 Å². The van der Waals surface area contributed by atoms with Gasteiger partial charge in [-0.05, 0) is 31.7 Å². The molecular formula is C21H29N3O. The van der Waals surface area contributed by atoms with Crippen molar-refractivity contribution in [2.24, 2.45) is 5.92 Å². The number of hydrogen-bond acceptors (Lipinski definition) is 2.